The van der Waals surface area contributed by atoms with E-state index in [1.54, 1.807) is 11.3 Å². The fourth-order valence-electron chi connectivity index (χ4n) is 2.15. The second kappa shape index (κ2) is 6.15. The molecule has 2 aromatic heterocycles. The van der Waals surface area contributed by atoms with E-state index in [4.69, 9.17) is 0 Å². The number of aryl methyl sites for hydroxylation is 1. The van der Waals surface area contributed by atoms with E-state index in [1.807, 2.05) is 29.2 Å². The first-order chi connectivity index (χ1) is 9.83. The minimum atomic E-state index is 0.296. The smallest absolute Gasteiger partial charge is 0.111 e. The van der Waals surface area contributed by atoms with Gasteiger partial charge in [0.15, 0.2) is 0 Å². The van der Waals surface area contributed by atoms with Crippen molar-refractivity contribution < 1.29 is 0 Å². The maximum absolute atomic E-state index is 4.68. The van der Waals surface area contributed by atoms with Gasteiger partial charge < -0.3 is 5.32 Å². The Kier molecular flexibility index (Phi) is 4.08. The van der Waals surface area contributed by atoms with Gasteiger partial charge in [-0.2, -0.15) is 5.10 Å². The average Bonchev–Trinajstić information content (AvgIpc) is 3.12. The number of benzene rings is 1. The lowest BCUT2D eigenvalue weighted by Crippen LogP contribution is -2.20. The van der Waals surface area contributed by atoms with Crippen LogP contribution in [-0.2, 0) is 6.54 Å². The first-order valence-corrected chi connectivity index (χ1v) is 7.71. The van der Waals surface area contributed by atoms with Crippen LogP contribution >= 0.6 is 11.3 Å². The molecule has 0 radical (unpaired) electrons. The molecule has 1 N–H and O–H groups in total. The molecule has 1 unspecified atom stereocenters. The molecule has 0 bridgehead atoms. The second-order valence-electron chi connectivity index (χ2n) is 4.82. The summed E-state index contributed by atoms with van der Waals surface area (Å²) in [4.78, 5) is 4.68. The van der Waals surface area contributed by atoms with E-state index >= 15 is 0 Å². The molecule has 0 aliphatic rings. The van der Waals surface area contributed by atoms with Crippen LogP contribution in [0.1, 0.15) is 24.4 Å². The molecule has 3 rings (SSSR count). The lowest BCUT2D eigenvalue weighted by atomic mass is 10.3. The number of hydrogen-bond donors (Lipinski definition) is 1. The molecule has 0 aliphatic heterocycles. The maximum Gasteiger partial charge on any atom is 0.111 e. The number of nitrogens with one attached hydrogen (secondary N) is 1. The monoisotopic (exact) mass is 286 g/mol. The van der Waals surface area contributed by atoms with Crippen molar-refractivity contribution in [3.63, 3.8) is 0 Å². The summed E-state index contributed by atoms with van der Waals surface area (Å²) in [6.07, 6.45) is 4.88. The summed E-state index contributed by atoms with van der Waals surface area (Å²) in [5.41, 5.74) is 1.10. The summed E-state index contributed by atoms with van der Waals surface area (Å²) >= 11 is 1.77. The number of aromatic nitrogens is 3. The fraction of sp³-hybridized carbons (Fsp3) is 0.333. The lowest BCUT2D eigenvalue weighted by molar-refractivity contribution is 0.506. The summed E-state index contributed by atoms with van der Waals surface area (Å²) in [7, 11) is 0. The number of rotatable bonds is 6. The molecular weight excluding hydrogens is 268 g/mol. The molecule has 3 aromatic rings. The molecule has 0 amide bonds. The summed E-state index contributed by atoms with van der Waals surface area (Å²) in [6.45, 7) is 4.09. The zero-order chi connectivity index (χ0) is 13.8. The van der Waals surface area contributed by atoms with Gasteiger partial charge in [0.05, 0.1) is 16.3 Å². The van der Waals surface area contributed by atoms with Crippen LogP contribution < -0.4 is 5.32 Å². The molecule has 0 saturated carbocycles. The van der Waals surface area contributed by atoms with Gasteiger partial charge >= 0.3 is 0 Å². The Labute approximate surface area is 122 Å². The number of nitrogens with zero attached hydrogens (tertiary/aromatic N) is 3. The van der Waals surface area contributed by atoms with Crippen LogP contribution in [0.15, 0.2) is 42.7 Å². The van der Waals surface area contributed by atoms with Crippen LogP contribution in [-0.4, -0.2) is 21.3 Å². The predicted molar refractivity (Wildman–Crippen MR) is 82.9 cm³/mol. The van der Waals surface area contributed by atoms with Crippen molar-refractivity contribution in [1.29, 1.82) is 0 Å². The van der Waals surface area contributed by atoms with E-state index in [0.29, 0.717) is 6.04 Å². The Morgan fingerprint density at radius 3 is 3.00 bits per heavy atom. The van der Waals surface area contributed by atoms with Gasteiger partial charge in [0, 0.05) is 18.9 Å². The predicted octanol–water partition coefficient (Wildman–Crippen LogP) is 3.23. The van der Waals surface area contributed by atoms with Crippen molar-refractivity contribution in [2.45, 2.75) is 25.9 Å². The minimum Gasteiger partial charge on any atom is -0.308 e. The molecule has 2 heterocycles. The summed E-state index contributed by atoms with van der Waals surface area (Å²) < 4.78 is 3.22. The molecule has 4 nitrogen and oxygen atoms in total. The highest BCUT2D eigenvalue weighted by Gasteiger charge is 2.10. The van der Waals surface area contributed by atoms with Crippen LogP contribution in [0, 0.1) is 0 Å². The van der Waals surface area contributed by atoms with Gasteiger partial charge in [-0.05, 0) is 38.1 Å². The van der Waals surface area contributed by atoms with E-state index in [2.05, 4.69) is 40.5 Å². The highest BCUT2D eigenvalue weighted by atomic mass is 32.1. The van der Waals surface area contributed by atoms with Crippen molar-refractivity contribution in [2.75, 3.05) is 6.54 Å². The first kappa shape index (κ1) is 13.3. The number of thiazole rings is 1. The fourth-order valence-corrected chi connectivity index (χ4v) is 3.15. The average molecular weight is 286 g/mol. The Morgan fingerprint density at radius 2 is 2.20 bits per heavy atom. The van der Waals surface area contributed by atoms with Gasteiger partial charge in [-0.3, -0.25) is 4.68 Å². The Hall–Kier alpha value is -1.72. The van der Waals surface area contributed by atoms with E-state index in [0.717, 1.165) is 30.0 Å². The Balaban J connectivity index is 1.52. The standard InChI is InChI=1S/C15H18N4S/c1-12(16-8-4-10-19-11-5-9-17-19)15-18-13-6-2-3-7-14(13)20-15/h2-3,5-7,9,11-12,16H,4,8,10H2,1H3. The zero-order valence-electron chi connectivity index (χ0n) is 11.5. The topological polar surface area (TPSA) is 42.7 Å². The second-order valence-corrected chi connectivity index (χ2v) is 5.88. The van der Waals surface area contributed by atoms with Crippen molar-refractivity contribution in [1.82, 2.24) is 20.1 Å². The first-order valence-electron chi connectivity index (χ1n) is 6.89. The number of fused-ring (bicyclic) bond motifs is 1. The van der Waals surface area contributed by atoms with Crippen LogP contribution in [0.5, 0.6) is 0 Å². The van der Waals surface area contributed by atoms with Crippen LogP contribution in [0.3, 0.4) is 0 Å². The molecule has 5 heteroatoms. The molecule has 1 aromatic carbocycles. The van der Waals surface area contributed by atoms with Gasteiger partial charge in [-0.25, -0.2) is 4.98 Å². The molecule has 1 atom stereocenters. The van der Waals surface area contributed by atoms with E-state index in [-0.39, 0.29) is 0 Å². The normalized spacial score (nSPS) is 12.8. The molecule has 0 saturated heterocycles. The highest BCUT2D eigenvalue weighted by Crippen LogP contribution is 2.25. The third-order valence-corrected chi connectivity index (χ3v) is 4.47. The van der Waals surface area contributed by atoms with E-state index in [1.165, 1.54) is 4.70 Å². The largest absolute Gasteiger partial charge is 0.308 e. The van der Waals surface area contributed by atoms with Crippen molar-refractivity contribution in [3.05, 3.63) is 47.7 Å². The quantitative estimate of drug-likeness (QED) is 0.707. The van der Waals surface area contributed by atoms with Crippen LogP contribution in [0.4, 0.5) is 0 Å². The SMILES string of the molecule is CC(NCCCn1cccn1)c1nc2ccccc2s1. The molecule has 0 aliphatic carbocycles. The number of para-hydroxylation sites is 1. The third-order valence-electron chi connectivity index (χ3n) is 3.25. The molecule has 0 fully saturated rings. The molecule has 104 valence electrons. The van der Waals surface area contributed by atoms with Crippen molar-refractivity contribution in [2.24, 2.45) is 0 Å². The number of hydrogen-bond acceptors (Lipinski definition) is 4. The molecule has 0 spiro atoms. The van der Waals surface area contributed by atoms with Gasteiger partial charge in [-0.1, -0.05) is 12.1 Å². The summed E-state index contributed by atoms with van der Waals surface area (Å²) in [5, 5.41) is 8.89. The van der Waals surface area contributed by atoms with Gasteiger partial charge in [-0.15, -0.1) is 11.3 Å². The lowest BCUT2D eigenvalue weighted by Gasteiger charge is -2.10. The van der Waals surface area contributed by atoms with Gasteiger partial charge in [0.1, 0.15) is 5.01 Å². The van der Waals surface area contributed by atoms with Gasteiger partial charge in [0.25, 0.3) is 0 Å². The highest BCUT2D eigenvalue weighted by molar-refractivity contribution is 7.18. The van der Waals surface area contributed by atoms with Gasteiger partial charge in [0.2, 0.25) is 0 Å². The minimum absolute atomic E-state index is 0.296. The van der Waals surface area contributed by atoms with E-state index < -0.39 is 0 Å². The van der Waals surface area contributed by atoms with Crippen LogP contribution in [0.2, 0.25) is 0 Å². The zero-order valence-corrected chi connectivity index (χ0v) is 12.3. The van der Waals surface area contributed by atoms with Crippen LogP contribution in [0.25, 0.3) is 10.2 Å². The maximum atomic E-state index is 4.68. The molecule has 20 heavy (non-hydrogen) atoms. The third kappa shape index (κ3) is 3.05. The Morgan fingerprint density at radius 1 is 1.30 bits per heavy atom. The Bertz CT molecular complexity index is 626. The molecular formula is C15H18N4S. The van der Waals surface area contributed by atoms with E-state index in [9.17, 15) is 0 Å². The van der Waals surface area contributed by atoms with Crippen molar-refractivity contribution >= 4 is 21.6 Å². The summed E-state index contributed by atoms with van der Waals surface area (Å²) in [5.74, 6) is 0. The summed E-state index contributed by atoms with van der Waals surface area (Å²) in [6, 6.07) is 10.5. The van der Waals surface area contributed by atoms with Crippen molar-refractivity contribution in [3.8, 4) is 0 Å².